The summed E-state index contributed by atoms with van der Waals surface area (Å²) in [5.41, 5.74) is 3.88. The second-order valence-corrected chi connectivity index (χ2v) is 5.20. The standard InChI is InChI=1S/C17H20FN/c1-12(2)19-11-14-5-4-6-15(9-14)16-8-7-13(3)17(18)10-16/h4-10,12,19H,11H2,1-3H3. The SMILES string of the molecule is Cc1ccc(-c2cccc(CNC(C)C)c2)cc1F. The van der Waals surface area contributed by atoms with Crippen LogP contribution < -0.4 is 5.32 Å². The van der Waals surface area contributed by atoms with E-state index in [1.807, 2.05) is 24.3 Å². The summed E-state index contributed by atoms with van der Waals surface area (Å²) >= 11 is 0. The zero-order valence-corrected chi connectivity index (χ0v) is 11.7. The molecule has 0 saturated carbocycles. The minimum atomic E-state index is -0.150. The fraction of sp³-hybridized carbons (Fsp3) is 0.294. The highest BCUT2D eigenvalue weighted by Crippen LogP contribution is 2.22. The Kier molecular flexibility index (Phi) is 4.33. The van der Waals surface area contributed by atoms with Gasteiger partial charge in [0.2, 0.25) is 0 Å². The molecule has 0 spiro atoms. The van der Waals surface area contributed by atoms with E-state index in [2.05, 4.69) is 31.3 Å². The number of halogens is 1. The number of hydrogen-bond acceptors (Lipinski definition) is 1. The minimum absolute atomic E-state index is 0.150. The molecule has 0 heterocycles. The van der Waals surface area contributed by atoms with Crippen molar-refractivity contribution in [3.63, 3.8) is 0 Å². The molecule has 2 heteroatoms. The summed E-state index contributed by atoms with van der Waals surface area (Å²) in [6.07, 6.45) is 0. The fourth-order valence-corrected chi connectivity index (χ4v) is 1.96. The van der Waals surface area contributed by atoms with Crippen molar-refractivity contribution in [1.29, 1.82) is 0 Å². The highest BCUT2D eigenvalue weighted by Gasteiger charge is 2.03. The van der Waals surface area contributed by atoms with Crippen LogP contribution in [0.4, 0.5) is 4.39 Å². The van der Waals surface area contributed by atoms with Crippen LogP contribution in [0.1, 0.15) is 25.0 Å². The topological polar surface area (TPSA) is 12.0 Å². The Morgan fingerprint density at radius 2 is 1.79 bits per heavy atom. The average molecular weight is 257 g/mol. The van der Waals surface area contributed by atoms with Gasteiger partial charge in [0.05, 0.1) is 0 Å². The Balaban J connectivity index is 2.24. The van der Waals surface area contributed by atoms with Crippen LogP contribution in [-0.2, 0) is 6.54 Å². The Bertz CT molecular complexity index is 561. The quantitative estimate of drug-likeness (QED) is 0.861. The van der Waals surface area contributed by atoms with Crippen molar-refractivity contribution in [2.24, 2.45) is 0 Å². The van der Waals surface area contributed by atoms with E-state index >= 15 is 0 Å². The van der Waals surface area contributed by atoms with Crippen LogP contribution in [-0.4, -0.2) is 6.04 Å². The van der Waals surface area contributed by atoms with Crippen LogP contribution in [0.15, 0.2) is 42.5 Å². The molecule has 0 radical (unpaired) electrons. The van der Waals surface area contributed by atoms with Crippen molar-refractivity contribution in [1.82, 2.24) is 5.32 Å². The summed E-state index contributed by atoms with van der Waals surface area (Å²) < 4.78 is 13.6. The van der Waals surface area contributed by atoms with Gasteiger partial charge in [-0.1, -0.05) is 44.2 Å². The third kappa shape index (κ3) is 3.65. The molecule has 0 aliphatic carbocycles. The molecule has 0 atom stereocenters. The molecular formula is C17H20FN. The Morgan fingerprint density at radius 3 is 2.47 bits per heavy atom. The molecule has 0 amide bonds. The zero-order valence-electron chi connectivity index (χ0n) is 11.7. The van der Waals surface area contributed by atoms with Crippen molar-refractivity contribution in [2.45, 2.75) is 33.4 Å². The minimum Gasteiger partial charge on any atom is -0.310 e. The Labute approximate surface area is 114 Å². The van der Waals surface area contributed by atoms with Gasteiger partial charge in [-0.25, -0.2) is 4.39 Å². The molecule has 0 saturated heterocycles. The number of hydrogen-bond donors (Lipinski definition) is 1. The Morgan fingerprint density at radius 1 is 1.05 bits per heavy atom. The number of aryl methyl sites for hydroxylation is 1. The van der Waals surface area contributed by atoms with Crippen molar-refractivity contribution in [3.8, 4) is 11.1 Å². The summed E-state index contributed by atoms with van der Waals surface area (Å²) in [5.74, 6) is -0.150. The van der Waals surface area contributed by atoms with Crippen molar-refractivity contribution in [2.75, 3.05) is 0 Å². The highest BCUT2D eigenvalue weighted by molar-refractivity contribution is 5.64. The lowest BCUT2D eigenvalue weighted by Crippen LogP contribution is -2.21. The molecule has 2 aromatic rings. The van der Waals surface area contributed by atoms with Gasteiger partial charge >= 0.3 is 0 Å². The summed E-state index contributed by atoms with van der Waals surface area (Å²) in [6.45, 7) is 6.86. The molecule has 100 valence electrons. The monoisotopic (exact) mass is 257 g/mol. The molecular weight excluding hydrogens is 237 g/mol. The van der Waals surface area contributed by atoms with Crippen molar-refractivity contribution < 1.29 is 4.39 Å². The van der Waals surface area contributed by atoms with Gasteiger partial charge in [-0.15, -0.1) is 0 Å². The number of rotatable bonds is 4. The van der Waals surface area contributed by atoms with Crippen LogP contribution >= 0.6 is 0 Å². The maximum absolute atomic E-state index is 13.6. The van der Waals surface area contributed by atoms with E-state index in [-0.39, 0.29) is 5.82 Å². The molecule has 0 bridgehead atoms. The summed E-state index contributed by atoms with van der Waals surface area (Å²) in [7, 11) is 0. The van der Waals surface area contributed by atoms with E-state index in [1.54, 1.807) is 13.0 Å². The van der Waals surface area contributed by atoms with Crippen LogP contribution in [0.5, 0.6) is 0 Å². The lowest BCUT2D eigenvalue weighted by Gasteiger charge is -2.10. The smallest absolute Gasteiger partial charge is 0.126 e. The second-order valence-electron chi connectivity index (χ2n) is 5.20. The van der Waals surface area contributed by atoms with E-state index < -0.39 is 0 Å². The molecule has 0 aliphatic heterocycles. The summed E-state index contributed by atoms with van der Waals surface area (Å²) in [4.78, 5) is 0. The first-order valence-electron chi connectivity index (χ1n) is 6.65. The predicted molar refractivity (Wildman–Crippen MR) is 78.5 cm³/mol. The average Bonchev–Trinajstić information content (AvgIpc) is 2.40. The van der Waals surface area contributed by atoms with Gasteiger partial charge in [-0.3, -0.25) is 0 Å². The molecule has 0 fully saturated rings. The lowest BCUT2D eigenvalue weighted by atomic mass is 10.0. The molecule has 0 aromatic heterocycles. The first-order valence-corrected chi connectivity index (χ1v) is 6.65. The molecule has 1 N–H and O–H groups in total. The largest absolute Gasteiger partial charge is 0.310 e. The van der Waals surface area contributed by atoms with Crippen LogP contribution in [0.2, 0.25) is 0 Å². The van der Waals surface area contributed by atoms with Gasteiger partial charge in [0.25, 0.3) is 0 Å². The van der Waals surface area contributed by atoms with Gasteiger partial charge in [0.1, 0.15) is 5.82 Å². The molecule has 19 heavy (non-hydrogen) atoms. The predicted octanol–water partition coefficient (Wildman–Crippen LogP) is 4.30. The second kappa shape index (κ2) is 5.98. The van der Waals surface area contributed by atoms with E-state index in [1.165, 1.54) is 5.56 Å². The molecule has 1 nitrogen and oxygen atoms in total. The van der Waals surface area contributed by atoms with Gasteiger partial charge in [-0.2, -0.15) is 0 Å². The normalized spacial score (nSPS) is 11.0. The summed E-state index contributed by atoms with van der Waals surface area (Å²) in [6, 6.07) is 14.1. The van der Waals surface area contributed by atoms with Gasteiger partial charge < -0.3 is 5.32 Å². The molecule has 2 aromatic carbocycles. The van der Waals surface area contributed by atoms with Crippen LogP contribution in [0.25, 0.3) is 11.1 Å². The maximum Gasteiger partial charge on any atom is 0.126 e. The van der Waals surface area contributed by atoms with Crippen LogP contribution in [0.3, 0.4) is 0 Å². The third-order valence-corrected chi connectivity index (χ3v) is 3.15. The van der Waals surface area contributed by atoms with Crippen molar-refractivity contribution >= 4 is 0 Å². The highest BCUT2D eigenvalue weighted by atomic mass is 19.1. The molecule has 0 unspecified atom stereocenters. The molecule has 2 rings (SSSR count). The Hall–Kier alpha value is -1.67. The first kappa shape index (κ1) is 13.8. The zero-order chi connectivity index (χ0) is 13.8. The molecule has 0 aliphatic rings. The van der Waals surface area contributed by atoms with E-state index in [0.717, 1.165) is 17.7 Å². The first-order chi connectivity index (χ1) is 9.06. The van der Waals surface area contributed by atoms with Crippen LogP contribution in [0, 0.1) is 12.7 Å². The van der Waals surface area contributed by atoms with Gasteiger partial charge in [0, 0.05) is 12.6 Å². The van der Waals surface area contributed by atoms with E-state index in [9.17, 15) is 4.39 Å². The summed E-state index contributed by atoms with van der Waals surface area (Å²) in [5, 5.41) is 3.39. The van der Waals surface area contributed by atoms with Crippen molar-refractivity contribution in [3.05, 3.63) is 59.4 Å². The van der Waals surface area contributed by atoms with Gasteiger partial charge in [-0.05, 0) is 41.3 Å². The van der Waals surface area contributed by atoms with E-state index in [4.69, 9.17) is 0 Å². The third-order valence-electron chi connectivity index (χ3n) is 3.15. The van der Waals surface area contributed by atoms with E-state index in [0.29, 0.717) is 11.6 Å². The van der Waals surface area contributed by atoms with Gasteiger partial charge in [0.15, 0.2) is 0 Å². The number of benzene rings is 2. The fourth-order valence-electron chi connectivity index (χ4n) is 1.96. The number of nitrogens with one attached hydrogen (secondary N) is 1. The lowest BCUT2D eigenvalue weighted by molar-refractivity contribution is 0.589. The maximum atomic E-state index is 13.6.